The van der Waals surface area contributed by atoms with Crippen molar-refractivity contribution in [3.05, 3.63) is 42.1 Å². The van der Waals surface area contributed by atoms with E-state index in [0.29, 0.717) is 5.69 Å². The van der Waals surface area contributed by atoms with Gasteiger partial charge in [0.25, 0.3) is 11.8 Å². The number of carbonyl (C=O) groups is 6. The average Bonchev–Trinajstić information content (AvgIpc) is 3.76. The summed E-state index contributed by atoms with van der Waals surface area (Å²) in [5.41, 5.74) is 0.345. The Kier molecular flexibility index (Phi) is 11.5. The fraction of sp³-hybridized carbons (Fsp3) is 0.483. The van der Waals surface area contributed by atoms with Gasteiger partial charge in [-0.3, -0.25) is 24.1 Å². The lowest BCUT2D eigenvalue weighted by Crippen LogP contribution is -2.55. The van der Waals surface area contributed by atoms with Gasteiger partial charge in [0.15, 0.2) is 12.3 Å². The molecule has 46 heavy (non-hydrogen) atoms. The fourth-order valence-corrected chi connectivity index (χ4v) is 4.40. The van der Waals surface area contributed by atoms with E-state index in [-0.39, 0.29) is 63.2 Å². The van der Waals surface area contributed by atoms with Crippen LogP contribution in [0.1, 0.15) is 43.1 Å². The third-order valence-corrected chi connectivity index (χ3v) is 7.10. The van der Waals surface area contributed by atoms with Crippen molar-refractivity contribution in [1.82, 2.24) is 35.3 Å². The summed E-state index contributed by atoms with van der Waals surface area (Å²) >= 11 is 0. The first kappa shape index (κ1) is 33.7. The van der Waals surface area contributed by atoms with Crippen LogP contribution in [0.4, 0.5) is 9.59 Å². The molecule has 17 heteroatoms. The molecule has 1 aliphatic carbocycles. The number of benzene rings is 1. The van der Waals surface area contributed by atoms with Crippen molar-refractivity contribution in [2.75, 3.05) is 46.4 Å². The third kappa shape index (κ3) is 9.40. The van der Waals surface area contributed by atoms with E-state index in [4.69, 9.17) is 14.3 Å². The number of imide groups is 1. The van der Waals surface area contributed by atoms with Gasteiger partial charge in [0.2, 0.25) is 11.8 Å². The quantitative estimate of drug-likeness (QED) is 0.259. The van der Waals surface area contributed by atoms with Crippen molar-refractivity contribution < 1.29 is 48.2 Å². The Morgan fingerprint density at radius 2 is 1.76 bits per heavy atom. The van der Waals surface area contributed by atoms with E-state index in [0.717, 1.165) is 17.7 Å². The first-order valence-electron chi connectivity index (χ1n) is 14.8. The van der Waals surface area contributed by atoms with Crippen molar-refractivity contribution in [2.45, 2.75) is 44.7 Å². The summed E-state index contributed by atoms with van der Waals surface area (Å²) in [7, 11) is 1.33. The zero-order valence-electron chi connectivity index (χ0n) is 25.5. The summed E-state index contributed by atoms with van der Waals surface area (Å²) in [5.74, 6) is -3.05. The highest BCUT2D eigenvalue weighted by Gasteiger charge is 2.32. The van der Waals surface area contributed by atoms with Gasteiger partial charge in [-0.15, -0.1) is 5.06 Å². The van der Waals surface area contributed by atoms with E-state index in [1.807, 2.05) is 0 Å². The minimum atomic E-state index is -1.20. The molecule has 0 bridgehead atoms. The normalized spacial score (nSPS) is 15.3. The molecule has 0 radical (unpaired) electrons. The van der Waals surface area contributed by atoms with Crippen molar-refractivity contribution in [2.24, 2.45) is 0 Å². The lowest BCUT2D eigenvalue weighted by molar-refractivity contribution is -0.157. The highest BCUT2D eigenvalue weighted by molar-refractivity contribution is 5.97. The van der Waals surface area contributed by atoms with E-state index in [1.165, 1.54) is 27.8 Å². The number of nitrogens with one attached hydrogen (secondary N) is 2. The fourth-order valence-electron chi connectivity index (χ4n) is 4.40. The van der Waals surface area contributed by atoms with Gasteiger partial charge in [0.05, 0.1) is 25.4 Å². The highest BCUT2D eigenvalue weighted by Crippen LogP contribution is 2.21. The second-order valence-corrected chi connectivity index (χ2v) is 10.6. The van der Waals surface area contributed by atoms with Crippen LogP contribution in [0, 0.1) is 0 Å². The van der Waals surface area contributed by atoms with Crippen LogP contribution in [0.25, 0.3) is 5.69 Å². The Morgan fingerprint density at radius 1 is 1.07 bits per heavy atom. The number of hydrogen-bond donors (Lipinski definition) is 3. The number of amides is 5. The number of hydroxylamine groups is 2. The summed E-state index contributed by atoms with van der Waals surface area (Å²) in [6.45, 7) is 1.93. The van der Waals surface area contributed by atoms with Gasteiger partial charge < -0.3 is 35.0 Å². The van der Waals surface area contributed by atoms with Gasteiger partial charge in [0.1, 0.15) is 6.04 Å². The van der Waals surface area contributed by atoms with E-state index < -0.39 is 48.5 Å². The molecule has 0 unspecified atom stereocenters. The standard InChI is InChI=1S/C29H37N7O10/c1-3-44-29(43)46-35-15-13-34(14-16-35)27(41)21(11-12-25(38)39)31-26(40)22-17-24(36(32-22)20-7-5-4-6-8-20)45-18-23(37)33(2)28(42)30-19-9-10-19/h4-8,17,19,21H,3,9-16,18H2,1-2H3,(H,30,42)(H,31,40)(H,38,39)/t21-/m0/s1. The molecule has 1 aromatic heterocycles. The second-order valence-electron chi connectivity index (χ2n) is 10.6. The number of carboxylic acids is 1. The van der Waals surface area contributed by atoms with E-state index in [1.54, 1.807) is 37.3 Å². The Bertz CT molecular complexity index is 1420. The number of piperazine rings is 1. The maximum atomic E-state index is 13.4. The van der Waals surface area contributed by atoms with Crippen LogP contribution < -0.4 is 15.4 Å². The second kappa shape index (κ2) is 15.7. The Hall–Kier alpha value is -5.19. The van der Waals surface area contributed by atoms with Crippen LogP contribution in [0.2, 0.25) is 0 Å². The molecule has 2 aliphatic rings. The number of rotatable bonds is 13. The SMILES string of the molecule is CCOC(=O)ON1CCN(C(=O)[C@H](CCC(=O)O)NC(=O)c2cc(OCC(=O)N(C)C(=O)NC3CC3)n(-c3ccccc3)n2)CC1. The van der Waals surface area contributed by atoms with Crippen LogP contribution in [0.5, 0.6) is 5.88 Å². The molecule has 5 amide bonds. The van der Waals surface area contributed by atoms with Crippen molar-refractivity contribution in [3.8, 4) is 11.6 Å². The predicted molar refractivity (Wildman–Crippen MR) is 158 cm³/mol. The minimum absolute atomic E-state index is 0.0202. The van der Waals surface area contributed by atoms with Crippen molar-refractivity contribution >= 4 is 35.9 Å². The first-order valence-corrected chi connectivity index (χ1v) is 14.8. The van der Waals surface area contributed by atoms with Gasteiger partial charge in [0, 0.05) is 38.7 Å². The van der Waals surface area contributed by atoms with Crippen molar-refractivity contribution in [3.63, 3.8) is 0 Å². The monoisotopic (exact) mass is 643 g/mol. The Balaban J connectivity index is 1.45. The van der Waals surface area contributed by atoms with Crippen molar-refractivity contribution in [1.29, 1.82) is 0 Å². The summed E-state index contributed by atoms with van der Waals surface area (Å²) in [6, 6.07) is 8.24. The number of carbonyl (C=O) groups excluding carboxylic acids is 5. The minimum Gasteiger partial charge on any atom is -0.481 e. The van der Waals surface area contributed by atoms with E-state index >= 15 is 0 Å². The molecule has 3 N–H and O–H groups in total. The van der Waals surface area contributed by atoms with Gasteiger partial charge >= 0.3 is 18.2 Å². The van der Waals surface area contributed by atoms with Gasteiger partial charge in [-0.25, -0.2) is 14.3 Å². The molecule has 4 rings (SSSR count). The molecule has 2 heterocycles. The third-order valence-electron chi connectivity index (χ3n) is 7.10. The zero-order valence-corrected chi connectivity index (χ0v) is 25.5. The molecule has 2 fully saturated rings. The number of carboxylic acid groups (broad SMARTS) is 1. The zero-order chi connectivity index (χ0) is 33.2. The van der Waals surface area contributed by atoms with Crippen LogP contribution >= 0.6 is 0 Å². The molecular formula is C29H37N7O10. The van der Waals surface area contributed by atoms with Crippen LogP contribution in [-0.2, 0) is 24.0 Å². The van der Waals surface area contributed by atoms with Gasteiger partial charge in [-0.1, -0.05) is 18.2 Å². The van der Waals surface area contributed by atoms with Crippen LogP contribution in [0.3, 0.4) is 0 Å². The van der Waals surface area contributed by atoms with Gasteiger partial charge in [-0.2, -0.15) is 5.10 Å². The maximum Gasteiger partial charge on any atom is 0.527 e. The molecule has 0 spiro atoms. The predicted octanol–water partition coefficient (Wildman–Crippen LogP) is 0.777. The molecule has 2 aromatic rings. The summed E-state index contributed by atoms with van der Waals surface area (Å²) < 4.78 is 11.8. The number of hydrogen-bond acceptors (Lipinski definition) is 11. The number of para-hydroxylation sites is 1. The maximum absolute atomic E-state index is 13.4. The number of likely N-dealkylation sites (N-methyl/N-ethyl adjacent to an activating group) is 1. The first-order chi connectivity index (χ1) is 22.0. The number of urea groups is 1. The van der Waals surface area contributed by atoms with Crippen LogP contribution in [-0.4, -0.2) is 124 Å². The Morgan fingerprint density at radius 3 is 2.39 bits per heavy atom. The summed E-state index contributed by atoms with van der Waals surface area (Å²) in [6.07, 6.45) is 0.279. The highest BCUT2D eigenvalue weighted by atomic mass is 16.8. The topological polar surface area (TPSA) is 202 Å². The smallest absolute Gasteiger partial charge is 0.481 e. The molecule has 1 aromatic carbocycles. The number of aliphatic carboxylic acids is 1. The average molecular weight is 644 g/mol. The molecule has 1 saturated carbocycles. The molecule has 17 nitrogen and oxygen atoms in total. The summed E-state index contributed by atoms with van der Waals surface area (Å²) in [5, 5.41) is 20.2. The van der Waals surface area contributed by atoms with E-state index in [2.05, 4.69) is 15.7 Å². The lowest BCUT2D eigenvalue weighted by Gasteiger charge is -2.35. The molecular weight excluding hydrogens is 606 g/mol. The van der Waals surface area contributed by atoms with E-state index in [9.17, 15) is 33.9 Å². The number of nitrogens with zero attached hydrogens (tertiary/aromatic N) is 5. The van der Waals surface area contributed by atoms with Gasteiger partial charge in [-0.05, 0) is 38.3 Å². The largest absolute Gasteiger partial charge is 0.527 e. The van der Waals surface area contributed by atoms with Crippen LogP contribution in [0.15, 0.2) is 36.4 Å². The molecule has 248 valence electrons. The molecule has 1 aliphatic heterocycles. The number of aromatic nitrogens is 2. The molecule has 1 saturated heterocycles. The lowest BCUT2D eigenvalue weighted by atomic mass is 10.1. The summed E-state index contributed by atoms with van der Waals surface area (Å²) in [4.78, 5) is 82.1. The molecule has 1 atom stereocenters. The number of ether oxygens (including phenoxy) is 2. The Labute approximate surface area is 264 Å².